The second kappa shape index (κ2) is 7.04. The van der Waals surface area contributed by atoms with Crippen molar-refractivity contribution < 1.29 is 4.92 Å². The fourth-order valence-electron chi connectivity index (χ4n) is 2.55. The summed E-state index contributed by atoms with van der Waals surface area (Å²) in [5.41, 5.74) is 2.12. The third-order valence-corrected chi connectivity index (χ3v) is 3.64. The predicted octanol–water partition coefficient (Wildman–Crippen LogP) is 3.51. The molecule has 0 aliphatic rings. The highest BCUT2D eigenvalue weighted by Gasteiger charge is 2.14. The van der Waals surface area contributed by atoms with E-state index in [1.807, 2.05) is 23.9 Å². The van der Waals surface area contributed by atoms with Gasteiger partial charge in [0.15, 0.2) is 0 Å². The molecule has 5 heteroatoms. The van der Waals surface area contributed by atoms with E-state index < -0.39 is 0 Å². The van der Waals surface area contributed by atoms with Crippen LogP contribution in [0.5, 0.6) is 0 Å². The minimum absolute atomic E-state index is 0.173. The van der Waals surface area contributed by atoms with Gasteiger partial charge in [0, 0.05) is 30.1 Å². The number of benzene rings is 1. The Labute approximate surface area is 124 Å². The van der Waals surface area contributed by atoms with Crippen LogP contribution in [-0.2, 0) is 6.54 Å². The van der Waals surface area contributed by atoms with Gasteiger partial charge in [-0.25, -0.2) is 0 Å². The molecular weight excluding hydrogens is 266 g/mol. The van der Waals surface area contributed by atoms with E-state index in [0.717, 1.165) is 18.4 Å². The highest BCUT2D eigenvalue weighted by Crippen LogP contribution is 2.22. The molecule has 0 saturated carbocycles. The zero-order valence-electron chi connectivity index (χ0n) is 12.5. The van der Waals surface area contributed by atoms with Gasteiger partial charge in [0.25, 0.3) is 5.69 Å². The molecule has 0 bridgehead atoms. The van der Waals surface area contributed by atoms with Crippen molar-refractivity contribution in [1.29, 1.82) is 0 Å². The Balaban J connectivity index is 2.18. The summed E-state index contributed by atoms with van der Waals surface area (Å²) in [4.78, 5) is 10.7. The molecule has 2 rings (SSSR count). The number of hydrogen-bond acceptors (Lipinski definition) is 3. The molecule has 1 heterocycles. The highest BCUT2D eigenvalue weighted by atomic mass is 16.6. The topological polar surface area (TPSA) is 60.1 Å². The lowest BCUT2D eigenvalue weighted by Gasteiger charge is -2.13. The van der Waals surface area contributed by atoms with Crippen molar-refractivity contribution in [3.8, 4) is 0 Å². The number of nitro benzene ring substituents is 1. The molecule has 1 N–H and O–H groups in total. The van der Waals surface area contributed by atoms with Crippen LogP contribution >= 0.6 is 0 Å². The van der Waals surface area contributed by atoms with Gasteiger partial charge < -0.3 is 9.88 Å². The lowest BCUT2D eigenvalue weighted by Crippen LogP contribution is -2.15. The van der Waals surface area contributed by atoms with Crippen molar-refractivity contribution in [3.05, 3.63) is 64.0 Å². The molecule has 0 spiro atoms. The zero-order chi connectivity index (χ0) is 15.2. The molecule has 0 fully saturated rings. The van der Waals surface area contributed by atoms with Crippen LogP contribution in [0.25, 0.3) is 0 Å². The summed E-state index contributed by atoms with van der Waals surface area (Å²) in [5, 5.41) is 14.3. The monoisotopic (exact) mass is 287 g/mol. The van der Waals surface area contributed by atoms with Gasteiger partial charge in [0.1, 0.15) is 0 Å². The van der Waals surface area contributed by atoms with Gasteiger partial charge in [-0.3, -0.25) is 10.1 Å². The summed E-state index contributed by atoms with van der Waals surface area (Å²) < 4.78 is 2.00. The van der Waals surface area contributed by atoms with Crippen LogP contribution in [0.1, 0.15) is 36.9 Å². The summed E-state index contributed by atoms with van der Waals surface area (Å²) in [6, 6.07) is 9.29. The lowest BCUT2D eigenvalue weighted by atomic mass is 10.1. The smallest absolute Gasteiger partial charge is 0.274 e. The number of nitro groups is 1. The molecular formula is C16H21N3O2. The molecule has 0 radical (unpaired) electrons. The van der Waals surface area contributed by atoms with Gasteiger partial charge in [-0.2, -0.15) is 0 Å². The Kier molecular flexibility index (Phi) is 5.11. The fraction of sp³-hybridized carbons (Fsp3) is 0.375. The molecule has 1 aromatic carbocycles. The molecule has 1 unspecified atom stereocenters. The van der Waals surface area contributed by atoms with Crippen molar-refractivity contribution in [3.63, 3.8) is 0 Å². The zero-order valence-corrected chi connectivity index (χ0v) is 12.5. The van der Waals surface area contributed by atoms with Gasteiger partial charge >= 0.3 is 0 Å². The van der Waals surface area contributed by atoms with E-state index in [0.29, 0.717) is 12.6 Å². The Hall–Kier alpha value is -2.14. The van der Waals surface area contributed by atoms with E-state index in [4.69, 9.17) is 0 Å². The third kappa shape index (κ3) is 3.70. The van der Waals surface area contributed by atoms with Crippen molar-refractivity contribution in [2.75, 3.05) is 7.05 Å². The molecule has 1 atom stereocenters. The van der Waals surface area contributed by atoms with Gasteiger partial charge in [-0.05, 0) is 25.1 Å². The quantitative estimate of drug-likeness (QED) is 0.626. The Morgan fingerprint density at radius 2 is 2.10 bits per heavy atom. The van der Waals surface area contributed by atoms with E-state index in [1.54, 1.807) is 18.2 Å². The summed E-state index contributed by atoms with van der Waals surface area (Å²) in [6.07, 6.45) is 6.23. The number of para-hydroxylation sites is 1. The average molecular weight is 287 g/mol. The first kappa shape index (κ1) is 15.3. The van der Waals surface area contributed by atoms with Gasteiger partial charge in [-0.15, -0.1) is 0 Å². The van der Waals surface area contributed by atoms with E-state index in [2.05, 4.69) is 24.5 Å². The van der Waals surface area contributed by atoms with Crippen molar-refractivity contribution >= 4 is 5.69 Å². The van der Waals surface area contributed by atoms with Crippen LogP contribution in [0.2, 0.25) is 0 Å². The average Bonchev–Trinajstić information content (AvgIpc) is 2.93. The number of aromatic nitrogens is 1. The molecule has 1 aromatic heterocycles. The first-order valence-corrected chi connectivity index (χ1v) is 7.21. The first-order valence-electron chi connectivity index (χ1n) is 7.21. The van der Waals surface area contributed by atoms with Crippen LogP contribution in [0.15, 0.2) is 42.7 Å². The molecule has 5 nitrogen and oxygen atoms in total. The van der Waals surface area contributed by atoms with Crippen LogP contribution < -0.4 is 5.32 Å². The Morgan fingerprint density at radius 1 is 1.33 bits per heavy atom. The highest BCUT2D eigenvalue weighted by molar-refractivity contribution is 5.40. The molecule has 2 aromatic rings. The largest absolute Gasteiger partial charge is 0.349 e. The number of nitrogens with zero attached hydrogens (tertiary/aromatic N) is 2. The number of nitrogens with one attached hydrogen (secondary N) is 1. The lowest BCUT2D eigenvalue weighted by molar-refractivity contribution is -0.385. The molecule has 0 aliphatic heterocycles. The second-order valence-electron chi connectivity index (χ2n) is 5.13. The predicted molar refractivity (Wildman–Crippen MR) is 83.3 cm³/mol. The van der Waals surface area contributed by atoms with Crippen LogP contribution in [0, 0.1) is 10.1 Å². The summed E-state index contributed by atoms with van der Waals surface area (Å²) in [7, 11) is 1.96. The SMILES string of the molecule is CCCC(NC)c1ccn(Cc2ccccc2[N+](=O)[O-])c1. The standard InChI is InChI=1S/C16H21N3O2/c1-3-6-15(17-2)13-9-10-18(11-13)12-14-7-4-5-8-16(14)19(20)21/h4-5,7-11,15,17H,3,6,12H2,1-2H3. The molecule has 21 heavy (non-hydrogen) atoms. The summed E-state index contributed by atoms with van der Waals surface area (Å²) in [6.45, 7) is 2.67. The Morgan fingerprint density at radius 3 is 2.76 bits per heavy atom. The number of hydrogen-bond donors (Lipinski definition) is 1. The minimum Gasteiger partial charge on any atom is -0.349 e. The van der Waals surface area contributed by atoms with Crippen LogP contribution in [0.4, 0.5) is 5.69 Å². The van der Waals surface area contributed by atoms with Crippen molar-refractivity contribution in [2.45, 2.75) is 32.4 Å². The minimum atomic E-state index is -0.326. The first-order chi connectivity index (χ1) is 10.2. The van der Waals surface area contributed by atoms with Crippen LogP contribution in [-0.4, -0.2) is 16.5 Å². The number of rotatable bonds is 7. The molecule has 0 aliphatic carbocycles. The fourth-order valence-corrected chi connectivity index (χ4v) is 2.55. The summed E-state index contributed by atoms with van der Waals surface area (Å²) in [5.74, 6) is 0. The van der Waals surface area contributed by atoms with Gasteiger partial charge in [0.05, 0.1) is 11.5 Å². The van der Waals surface area contributed by atoms with E-state index in [-0.39, 0.29) is 10.6 Å². The van der Waals surface area contributed by atoms with Crippen molar-refractivity contribution in [1.82, 2.24) is 9.88 Å². The van der Waals surface area contributed by atoms with E-state index >= 15 is 0 Å². The Bertz CT molecular complexity index is 607. The van der Waals surface area contributed by atoms with E-state index in [9.17, 15) is 10.1 Å². The van der Waals surface area contributed by atoms with Gasteiger partial charge in [-0.1, -0.05) is 31.5 Å². The molecule has 112 valence electrons. The van der Waals surface area contributed by atoms with Crippen molar-refractivity contribution in [2.24, 2.45) is 0 Å². The normalized spacial score (nSPS) is 12.3. The maximum atomic E-state index is 11.0. The maximum absolute atomic E-state index is 11.0. The summed E-state index contributed by atoms with van der Waals surface area (Å²) >= 11 is 0. The molecule has 0 amide bonds. The second-order valence-corrected chi connectivity index (χ2v) is 5.13. The van der Waals surface area contributed by atoms with E-state index in [1.165, 1.54) is 5.56 Å². The molecule has 0 saturated heterocycles. The van der Waals surface area contributed by atoms with Gasteiger partial charge in [0.2, 0.25) is 0 Å². The third-order valence-electron chi connectivity index (χ3n) is 3.64. The van der Waals surface area contributed by atoms with Crippen LogP contribution in [0.3, 0.4) is 0 Å². The maximum Gasteiger partial charge on any atom is 0.274 e.